The van der Waals surface area contributed by atoms with Crippen LogP contribution in [-0.4, -0.2) is 63.4 Å². The molecule has 0 amide bonds. The number of morpholine rings is 1. The van der Waals surface area contributed by atoms with Gasteiger partial charge in [-0.15, -0.1) is 24.2 Å². The molecule has 0 radical (unpaired) electrons. The molecule has 8 heteroatoms. The van der Waals surface area contributed by atoms with Gasteiger partial charge in [0.2, 0.25) is 0 Å². The van der Waals surface area contributed by atoms with E-state index in [1.807, 2.05) is 0 Å². The van der Waals surface area contributed by atoms with Gasteiger partial charge in [-0.1, -0.05) is 0 Å². The molecule has 0 aliphatic carbocycles. The number of thioether (sulfide) groups is 1. The van der Waals surface area contributed by atoms with Crippen LogP contribution in [0.2, 0.25) is 0 Å². The minimum atomic E-state index is 0. The van der Waals surface area contributed by atoms with Gasteiger partial charge in [0, 0.05) is 25.4 Å². The molecule has 3 heterocycles. The third-order valence-corrected chi connectivity index (χ3v) is 3.91. The number of halogens is 1. The van der Waals surface area contributed by atoms with Gasteiger partial charge in [-0.2, -0.15) is 0 Å². The highest BCUT2D eigenvalue weighted by atomic mass is 35.5. The molecule has 2 aromatic rings. The summed E-state index contributed by atoms with van der Waals surface area (Å²) in [6.07, 6.45) is 3.23. The number of hydrogen-bond acceptors (Lipinski definition) is 6. The predicted molar refractivity (Wildman–Crippen MR) is 76.9 cm³/mol. The number of nitrogens with one attached hydrogen (secondary N) is 1. The zero-order valence-electron chi connectivity index (χ0n) is 10.4. The number of ether oxygens (including phenoxy) is 1. The van der Waals surface area contributed by atoms with E-state index in [-0.39, 0.29) is 12.4 Å². The Morgan fingerprint density at radius 1 is 1.26 bits per heavy atom. The normalized spacial score (nSPS) is 16.4. The van der Waals surface area contributed by atoms with Gasteiger partial charge in [-0.25, -0.2) is 15.0 Å². The van der Waals surface area contributed by atoms with Gasteiger partial charge in [-0.3, -0.25) is 4.90 Å². The molecule has 0 saturated carbocycles. The molecular weight excluding hydrogens is 286 g/mol. The fourth-order valence-electron chi connectivity index (χ4n) is 1.95. The first kappa shape index (κ1) is 14.5. The molecule has 19 heavy (non-hydrogen) atoms. The zero-order valence-corrected chi connectivity index (χ0v) is 12.0. The topological polar surface area (TPSA) is 66.9 Å². The molecule has 1 saturated heterocycles. The molecule has 2 aromatic heterocycles. The lowest BCUT2D eigenvalue weighted by Crippen LogP contribution is -2.37. The maximum Gasteiger partial charge on any atom is 0.181 e. The number of hydrogen-bond donors (Lipinski definition) is 1. The highest BCUT2D eigenvalue weighted by Gasteiger charge is 2.11. The van der Waals surface area contributed by atoms with Crippen LogP contribution in [0, 0.1) is 0 Å². The largest absolute Gasteiger partial charge is 0.379 e. The Morgan fingerprint density at radius 2 is 2.11 bits per heavy atom. The number of fused-ring (bicyclic) bond motifs is 1. The van der Waals surface area contributed by atoms with Crippen molar-refractivity contribution in [3.8, 4) is 0 Å². The van der Waals surface area contributed by atoms with Gasteiger partial charge in [0.05, 0.1) is 19.5 Å². The van der Waals surface area contributed by atoms with E-state index >= 15 is 0 Å². The molecule has 1 aliphatic rings. The molecule has 1 aliphatic heterocycles. The van der Waals surface area contributed by atoms with Crippen molar-refractivity contribution in [2.45, 2.75) is 5.03 Å². The average molecular weight is 302 g/mol. The Hall–Kier alpha value is -0.890. The SMILES string of the molecule is Cl.c1nc(SCCN2CCOCC2)c2[nH]cnc2n1. The fourth-order valence-corrected chi connectivity index (χ4v) is 2.91. The number of aromatic nitrogens is 4. The van der Waals surface area contributed by atoms with Crippen molar-refractivity contribution in [3.05, 3.63) is 12.7 Å². The molecule has 0 unspecified atom stereocenters. The van der Waals surface area contributed by atoms with Crippen LogP contribution >= 0.6 is 24.2 Å². The van der Waals surface area contributed by atoms with Crippen LogP contribution in [0.15, 0.2) is 17.7 Å². The lowest BCUT2D eigenvalue weighted by molar-refractivity contribution is 0.0410. The first-order valence-corrected chi connectivity index (χ1v) is 6.99. The Bertz CT molecular complexity index is 517. The van der Waals surface area contributed by atoms with Crippen LogP contribution in [0.5, 0.6) is 0 Å². The molecule has 1 fully saturated rings. The van der Waals surface area contributed by atoms with Gasteiger partial charge in [-0.05, 0) is 0 Å². The van der Waals surface area contributed by atoms with E-state index in [4.69, 9.17) is 4.74 Å². The first-order chi connectivity index (χ1) is 8.93. The number of nitrogens with zero attached hydrogens (tertiary/aromatic N) is 4. The third kappa shape index (κ3) is 3.56. The summed E-state index contributed by atoms with van der Waals surface area (Å²) in [6, 6.07) is 0. The predicted octanol–water partition coefficient (Wildman–Crippen LogP) is 1.20. The summed E-state index contributed by atoms with van der Waals surface area (Å²) < 4.78 is 5.33. The standard InChI is InChI=1S/C11H15N5OS.ClH/c1-4-17-5-2-16(1)3-6-18-11-9-10(13-7-12-9)14-8-15-11;/h7-8H,1-6H2,(H,12,13,14,15);1H. The van der Waals surface area contributed by atoms with Crippen molar-refractivity contribution in [2.24, 2.45) is 0 Å². The highest BCUT2D eigenvalue weighted by Crippen LogP contribution is 2.21. The zero-order chi connectivity index (χ0) is 12.2. The van der Waals surface area contributed by atoms with Gasteiger partial charge < -0.3 is 9.72 Å². The number of aromatic amines is 1. The van der Waals surface area contributed by atoms with Crippen LogP contribution in [0.25, 0.3) is 11.2 Å². The first-order valence-electron chi connectivity index (χ1n) is 6.00. The Labute approximate surface area is 121 Å². The van der Waals surface area contributed by atoms with Crippen LogP contribution in [0.4, 0.5) is 0 Å². The Kier molecular flexibility index (Phi) is 5.38. The summed E-state index contributed by atoms with van der Waals surface area (Å²) in [7, 11) is 0. The van der Waals surface area contributed by atoms with Crippen LogP contribution in [0.3, 0.4) is 0 Å². The summed E-state index contributed by atoms with van der Waals surface area (Å²) in [6.45, 7) is 4.83. The molecule has 104 valence electrons. The maximum absolute atomic E-state index is 5.33. The molecular formula is C11H16ClN5OS. The summed E-state index contributed by atoms with van der Waals surface area (Å²) in [4.78, 5) is 18.0. The van der Waals surface area contributed by atoms with Gasteiger partial charge in [0.25, 0.3) is 0 Å². The average Bonchev–Trinajstić information content (AvgIpc) is 2.89. The Balaban J connectivity index is 0.00000133. The van der Waals surface area contributed by atoms with Crippen LogP contribution < -0.4 is 0 Å². The van der Waals surface area contributed by atoms with Crippen molar-refractivity contribution in [3.63, 3.8) is 0 Å². The number of rotatable bonds is 4. The third-order valence-electron chi connectivity index (χ3n) is 2.94. The van der Waals surface area contributed by atoms with Gasteiger partial charge in [0.15, 0.2) is 5.65 Å². The van der Waals surface area contributed by atoms with Crippen molar-refractivity contribution in [1.29, 1.82) is 0 Å². The lowest BCUT2D eigenvalue weighted by atomic mass is 10.4. The van der Waals surface area contributed by atoms with E-state index in [9.17, 15) is 0 Å². The quantitative estimate of drug-likeness (QED) is 0.676. The summed E-state index contributed by atoms with van der Waals surface area (Å²) in [5.74, 6) is 1.02. The second kappa shape index (κ2) is 7.04. The van der Waals surface area contributed by atoms with Crippen LogP contribution in [-0.2, 0) is 4.74 Å². The lowest BCUT2D eigenvalue weighted by Gasteiger charge is -2.26. The second-order valence-corrected chi connectivity index (χ2v) is 5.17. The van der Waals surface area contributed by atoms with E-state index in [0.29, 0.717) is 0 Å². The minimum Gasteiger partial charge on any atom is -0.379 e. The van der Waals surface area contributed by atoms with E-state index in [1.54, 1.807) is 24.4 Å². The molecule has 1 N–H and O–H groups in total. The van der Waals surface area contributed by atoms with Gasteiger partial charge in [0.1, 0.15) is 16.9 Å². The minimum absolute atomic E-state index is 0. The van der Waals surface area contributed by atoms with E-state index in [1.165, 1.54) is 0 Å². The fraction of sp³-hybridized carbons (Fsp3) is 0.545. The highest BCUT2D eigenvalue weighted by molar-refractivity contribution is 7.99. The second-order valence-electron chi connectivity index (χ2n) is 4.08. The summed E-state index contributed by atoms with van der Waals surface area (Å²) in [5, 5.41) is 0.978. The van der Waals surface area contributed by atoms with E-state index in [0.717, 1.165) is 54.8 Å². The Morgan fingerprint density at radius 3 is 2.95 bits per heavy atom. The number of imidazole rings is 1. The van der Waals surface area contributed by atoms with Crippen molar-refractivity contribution < 1.29 is 4.74 Å². The van der Waals surface area contributed by atoms with Crippen LogP contribution in [0.1, 0.15) is 0 Å². The van der Waals surface area contributed by atoms with Crippen molar-refractivity contribution in [1.82, 2.24) is 24.8 Å². The molecule has 3 rings (SSSR count). The molecule has 0 atom stereocenters. The van der Waals surface area contributed by atoms with Gasteiger partial charge >= 0.3 is 0 Å². The monoisotopic (exact) mass is 301 g/mol. The number of H-pyrrole nitrogens is 1. The molecule has 0 spiro atoms. The summed E-state index contributed by atoms with van der Waals surface area (Å²) in [5.41, 5.74) is 1.67. The van der Waals surface area contributed by atoms with Crippen molar-refractivity contribution >= 4 is 35.3 Å². The van der Waals surface area contributed by atoms with E-state index < -0.39 is 0 Å². The summed E-state index contributed by atoms with van der Waals surface area (Å²) >= 11 is 1.74. The smallest absolute Gasteiger partial charge is 0.181 e. The molecule has 0 bridgehead atoms. The maximum atomic E-state index is 5.33. The molecule has 0 aromatic carbocycles. The molecule has 6 nitrogen and oxygen atoms in total. The van der Waals surface area contributed by atoms with E-state index in [2.05, 4.69) is 24.8 Å². The van der Waals surface area contributed by atoms with Crippen molar-refractivity contribution in [2.75, 3.05) is 38.6 Å².